The zero-order valence-corrected chi connectivity index (χ0v) is 11.1. The summed E-state index contributed by atoms with van der Waals surface area (Å²) in [5, 5.41) is 19.4. The maximum Gasteiger partial charge on any atom is 0.364 e. The molecular weight excluding hydrogens is 299 g/mol. The van der Waals surface area contributed by atoms with Crippen LogP contribution in [0.4, 0.5) is 4.39 Å². The molecule has 0 radical (unpaired) electrons. The van der Waals surface area contributed by atoms with E-state index in [0.717, 1.165) is 22.3 Å². The number of hydrogen-bond donors (Lipinski definition) is 2. The van der Waals surface area contributed by atoms with Crippen LogP contribution in [0.25, 0.3) is 5.65 Å². The molecule has 1 aromatic carbocycles. The number of aromatic nitrogens is 4. The van der Waals surface area contributed by atoms with Crippen LogP contribution in [-0.2, 0) is 0 Å². The van der Waals surface area contributed by atoms with Gasteiger partial charge in [0.05, 0.1) is 5.56 Å². The molecule has 106 valence electrons. The molecule has 0 unspecified atom stereocenters. The molecule has 2 aromatic heterocycles. The summed E-state index contributed by atoms with van der Waals surface area (Å²) in [6.45, 7) is 0. The third-order valence-corrected chi connectivity index (χ3v) is 3.56. The Morgan fingerprint density at radius 3 is 2.90 bits per heavy atom. The minimum absolute atomic E-state index is 0.370. The monoisotopic (exact) mass is 306 g/mol. The van der Waals surface area contributed by atoms with Gasteiger partial charge >= 0.3 is 11.7 Å². The van der Waals surface area contributed by atoms with Gasteiger partial charge in [-0.2, -0.15) is 14.7 Å². The van der Waals surface area contributed by atoms with E-state index in [1.54, 1.807) is 12.1 Å². The molecule has 0 saturated carbocycles. The van der Waals surface area contributed by atoms with E-state index in [4.69, 9.17) is 5.11 Å². The van der Waals surface area contributed by atoms with E-state index in [2.05, 4.69) is 15.3 Å². The Kier molecular flexibility index (Phi) is 3.18. The normalized spacial score (nSPS) is 10.9. The van der Waals surface area contributed by atoms with Gasteiger partial charge in [-0.25, -0.2) is 19.1 Å². The minimum atomic E-state index is -1.34. The summed E-state index contributed by atoms with van der Waals surface area (Å²) in [4.78, 5) is 22.8. The van der Waals surface area contributed by atoms with Gasteiger partial charge in [-0.15, -0.1) is 0 Å². The fourth-order valence-corrected chi connectivity index (χ4v) is 2.51. The lowest BCUT2D eigenvalue weighted by Gasteiger charge is -2.03. The first-order valence-electron chi connectivity index (χ1n) is 5.70. The number of fused-ring (bicyclic) bond motifs is 1. The molecule has 0 aliphatic rings. The van der Waals surface area contributed by atoms with Crippen molar-refractivity contribution in [3.8, 4) is 0 Å². The largest absolute Gasteiger partial charge is 0.478 e. The molecule has 0 aliphatic carbocycles. The number of nitrogens with one attached hydrogen (secondary N) is 1. The first kappa shape index (κ1) is 13.3. The zero-order valence-electron chi connectivity index (χ0n) is 10.3. The van der Waals surface area contributed by atoms with Gasteiger partial charge in [0, 0.05) is 4.90 Å². The molecule has 0 saturated heterocycles. The summed E-state index contributed by atoms with van der Waals surface area (Å²) >= 11 is 1.11. The Balaban J connectivity index is 1.98. The van der Waals surface area contributed by atoms with E-state index >= 15 is 0 Å². The van der Waals surface area contributed by atoms with Gasteiger partial charge in [0.1, 0.15) is 10.8 Å². The second kappa shape index (κ2) is 5.02. The van der Waals surface area contributed by atoms with Crippen molar-refractivity contribution in [2.45, 2.75) is 9.92 Å². The number of carbonyl (C=O) groups is 1. The highest BCUT2D eigenvalue weighted by atomic mass is 32.2. The highest BCUT2D eigenvalue weighted by molar-refractivity contribution is 7.99. The Morgan fingerprint density at radius 1 is 1.33 bits per heavy atom. The maximum atomic E-state index is 13.3. The molecule has 3 rings (SSSR count). The van der Waals surface area contributed by atoms with Crippen molar-refractivity contribution >= 4 is 23.4 Å². The molecule has 3 aromatic rings. The van der Waals surface area contributed by atoms with E-state index in [1.165, 1.54) is 12.1 Å². The van der Waals surface area contributed by atoms with Gasteiger partial charge in [-0.1, -0.05) is 11.8 Å². The average molecular weight is 306 g/mol. The average Bonchev–Trinajstić information content (AvgIpc) is 2.82. The number of carboxylic acids is 1. The topological polar surface area (TPSA) is 100 Å². The van der Waals surface area contributed by atoms with Crippen molar-refractivity contribution in [1.29, 1.82) is 0 Å². The number of aromatic amines is 1. The molecule has 0 spiro atoms. The number of benzene rings is 1. The number of rotatable bonds is 3. The molecule has 0 amide bonds. The van der Waals surface area contributed by atoms with Crippen LogP contribution in [0.2, 0.25) is 0 Å². The van der Waals surface area contributed by atoms with Gasteiger partial charge in [-0.05, 0) is 30.3 Å². The number of nitrogens with zero attached hydrogens (tertiary/aromatic N) is 3. The number of halogens is 1. The second-order valence-corrected chi connectivity index (χ2v) is 5.11. The number of aromatic carboxylic acids is 1. The molecule has 2 N–H and O–H groups in total. The van der Waals surface area contributed by atoms with Crippen molar-refractivity contribution in [1.82, 2.24) is 19.8 Å². The highest BCUT2D eigenvalue weighted by Crippen LogP contribution is 2.27. The van der Waals surface area contributed by atoms with Gasteiger partial charge in [0.25, 0.3) is 0 Å². The fourth-order valence-electron chi connectivity index (χ4n) is 1.69. The van der Waals surface area contributed by atoms with E-state index in [9.17, 15) is 14.0 Å². The smallest absolute Gasteiger partial charge is 0.364 e. The lowest BCUT2D eigenvalue weighted by Crippen LogP contribution is -2.12. The van der Waals surface area contributed by atoms with Gasteiger partial charge in [0.15, 0.2) is 5.65 Å². The third kappa shape index (κ3) is 2.50. The molecule has 0 bridgehead atoms. The predicted octanol–water partition coefficient (Wildman–Crippen LogP) is 1.41. The molecule has 7 nitrogen and oxygen atoms in total. The van der Waals surface area contributed by atoms with Crippen LogP contribution in [0, 0.1) is 5.82 Å². The van der Waals surface area contributed by atoms with Crippen LogP contribution < -0.4 is 5.69 Å². The summed E-state index contributed by atoms with van der Waals surface area (Å²) in [6.07, 6.45) is 0. The molecule has 2 heterocycles. The highest BCUT2D eigenvalue weighted by Gasteiger charge is 2.12. The van der Waals surface area contributed by atoms with Gasteiger partial charge in [-0.3, -0.25) is 0 Å². The van der Waals surface area contributed by atoms with E-state index in [0.29, 0.717) is 15.6 Å². The number of hydrogen-bond acceptors (Lipinski definition) is 5. The van der Waals surface area contributed by atoms with Gasteiger partial charge < -0.3 is 5.11 Å². The minimum Gasteiger partial charge on any atom is -0.478 e. The van der Waals surface area contributed by atoms with E-state index < -0.39 is 23.0 Å². The van der Waals surface area contributed by atoms with E-state index in [1.807, 2.05) is 0 Å². The summed E-state index contributed by atoms with van der Waals surface area (Å²) < 4.78 is 14.4. The van der Waals surface area contributed by atoms with Crippen molar-refractivity contribution in [2.24, 2.45) is 0 Å². The van der Waals surface area contributed by atoms with E-state index in [-0.39, 0.29) is 0 Å². The summed E-state index contributed by atoms with van der Waals surface area (Å²) in [7, 11) is 0. The second-order valence-electron chi connectivity index (χ2n) is 4.02. The van der Waals surface area contributed by atoms with Crippen molar-refractivity contribution < 1.29 is 14.3 Å². The number of carboxylic acid groups (broad SMARTS) is 1. The van der Waals surface area contributed by atoms with Crippen LogP contribution in [0.5, 0.6) is 0 Å². The molecule has 21 heavy (non-hydrogen) atoms. The van der Waals surface area contributed by atoms with Crippen LogP contribution >= 0.6 is 11.8 Å². The summed E-state index contributed by atoms with van der Waals surface area (Å²) in [6, 6.07) is 6.95. The molecule has 0 atom stereocenters. The Hall–Kier alpha value is -2.68. The summed E-state index contributed by atoms with van der Waals surface area (Å²) in [5.41, 5.74) is -0.519. The maximum absolute atomic E-state index is 13.3. The lowest BCUT2D eigenvalue weighted by molar-refractivity contribution is 0.0691. The Morgan fingerprint density at radius 2 is 2.14 bits per heavy atom. The molecule has 9 heteroatoms. The van der Waals surface area contributed by atoms with Crippen molar-refractivity contribution in [2.75, 3.05) is 0 Å². The first-order valence-corrected chi connectivity index (χ1v) is 6.51. The SMILES string of the molecule is O=C(O)c1cc(Sc2ccc3n[nH]c(=O)n3n2)ccc1F. The van der Waals surface area contributed by atoms with Gasteiger partial charge in [0.2, 0.25) is 0 Å². The van der Waals surface area contributed by atoms with Crippen LogP contribution in [0.3, 0.4) is 0 Å². The third-order valence-electron chi connectivity index (χ3n) is 2.64. The molecule has 0 aliphatic heterocycles. The lowest BCUT2D eigenvalue weighted by atomic mass is 10.2. The van der Waals surface area contributed by atoms with Crippen LogP contribution in [0.15, 0.2) is 45.0 Å². The fraction of sp³-hybridized carbons (Fsp3) is 0. The molecule has 0 fully saturated rings. The summed E-state index contributed by atoms with van der Waals surface area (Å²) in [5.74, 6) is -2.15. The van der Waals surface area contributed by atoms with Crippen molar-refractivity contribution in [3.05, 3.63) is 52.2 Å². The zero-order chi connectivity index (χ0) is 15.0. The Bertz CT molecular complexity index is 905. The first-order chi connectivity index (χ1) is 10.0. The number of H-pyrrole nitrogens is 1. The van der Waals surface area contributed by atoms with Crippen molar-refractivity contribution in [3.63, 3.8) is 0 Å². The quantitative estimate of drug-likeness (QED) is 0.758. The predicted molar refractivity (Wildman–Crippen MR) is 71.1 cm³/mol. The standard InChI is InChI=1S/C12H7FN4O3S/c13-8-2-1-6(5-7(8)11(18)19)21-10-4-3-9-14-15-12(20)17(9)16-10/h1-5H,(H,15,20)(H,18,19). The van der Waals surface area contributed by atoms with Crippen LogP contribution in [-0.4, -0.2) is 30.9 Å². The molecular formula is C12H7FN4O3S. The van der Waals surface area contributed by atoms with Crippen LogP contribution in [0.1, 0.15) is 10.4 Å². The Labute approximate surface area is 120 Å².